The van der Waals surface area contributed by atoms with E-state index < -0.39 is 0 Å². The summed E-state index contributed by atoms with van der Waals surface area (Å²) in [6.07, 6.45) is 1.45. The number of halogens is 1. The van der Waals surface area contributed by atoms with Crippen LogP contribution in [0.2, 0.25) is 0 Å². The minimum Gasteiger partial charge on any atom is -0.383 e. The van der Waals surface area contributed by atoms with Crippen molar-refractivity contribution in [3.8, 4) is 0 Å². The third-order valence-corrected chi connectivity index (χ3v) is 3.82. The van der Waals surface area contributed by atoms with E-state index in [0.717, 1.165) is 12.4 Å². The minimum absolute atomic E-state index is 0.444. The summed E-state index contributed by atoms with van der Waals surface area (Å²) >= 11 is 5.11. The molecule has 2 aromatic rings. The SMILES string of the molecule is Cc1ccc(CNc2ncnc(N)c2Br)s1. The van der Waals surface area contributed by atoms with Gasteiger partial charge in [-0.25, -0.2) is 9.97 Å². The number of nitrogen functional groups attached to an aromatic ring is 1. The van der Waals surface area contributed by atoms with Gasteiger partial charge < -0.3 is 11.1 Å². The summed E-state index contributed by atoms with van der Waals surface area (Å²) in [4.78, 5) is 10.6. The van der Waals surface area contributed by atoms with E-state index in [1.807, 2.05) is 0 Å². The molecule has 0 aliphatic rings. The number of hydrogen-bond acceptors (Lipinski definition) is 5. The Morgan fingerprint density at radius 3 is 2.94 bits per heavy atom. The summed E-state index contributed by atoms with van der Waals surface area (Å²) in [6, 6.07) is 4.20. The predicted molar refractivity (Wildman–Crippen MR) is 70.5 cm³/mol. The molecule has 0 saturated heterocycles. The van der Waals surface area contributed by atoms with Crippen LogP contribution in [0.3, 0.4) is 0 Å². The molecule has 3 N–H and O–H groups in total. The van der Waals surface area contributed by atoms with Gasteiger partial charge in [-0.15, -0.1) is 11.3 Å². The third kappa shape index (κ3) is 2.51. The van der Waals surface area contributed by atoms with E-state index in [2.05, 4.69) is 50.3 Å². The van der Waals surface area contributed by atoms with E-state index in [0.29, 0.717) is 10.3 Å². The van der Waals surface area contributed by atoms with Crippen LogP contribution < -0.4 is 11.1 Å². The number of thiophene rings is 1. The molecule has 0 amide bonds. The van der Waals surface area contributed by atoms with E-state index in [1.54, 1.807) is 11.3 Å². The molecule has 0 aromatic carbocycles. The molecule has 4 nitrogen and oxygen atoms in total. The van der Waals surface area contributed by atoms with Crippen molar-refractivity contribution in [2.45, 2.75) is 13.5 Å². The van der Waals surface area contributed by atoms with Crippen LogP contribution in [0.5, 0.6) is 0 Å². The van der Waals surface area contributed by atoms with Crippen molar-refractivity contribution >= 4 is 38.9 Å². The first-order chi connectivity index (χ1) is 7.66. The number of nitrogens with two attached hydrogens (primary N) is 1. The lowest BCUT2D eigenvalue weighted by atomic mass is 10.4. The summed E-state index contributed by atoms with van der Waals surface area (Å²) in [6.45, 7) is 2.83. The Morgan fingerprint density at radius 1 is 1.44 bits per heavy atom. The first-order valence-corrected chi connectivity index (χ1v) is 6.33. The Bertz CT molecular complexity index is 497. The molecule has 0 spiro atoms. The van der Waals surface area contributed by atoms with Gasteiger partial charge in [-0.05, 0) is 35.0 Å². The van der Waals surface area contributed by atoms with Crippen molar-refractivity contribution in [2.75, 3.05) is 11.1 Å². The highest BCUT2D eigenvalue weighted by molar-refractivity contribution is 9.10. The topological polar surface area (TPSA) is 63.8 Å². The van der Waals surface area contributed by atoms with Crippen LogP contribution in [0.4, 0.5) is 11.6 Å². The molecule has 2 heterocycles. The smallest absolute Gasteiger partial charge is 0.146 e. The lowest BCUT2D eigenvalue weighted by Crippen LogP contribution is -2.03. The maximum absolute atomic E-state index is 5.66. The van der Waals surface area contributed by atoms with E-state index >= 15 is 0 Å². The standard InChI is InChI=1S/C10H11BrN4S/c1-6-2-3-7(16-6)4-13-10-8(11)9(12)14-5-15-10/h2-3,5H,4H2,1H3,(H3,12,13,14,15). The van der Waals surface area contributed by atoms with Crippen LogP contribution in [-0.4, -0.2) is 9.97 Å². The molecule has 2 rings (SSSR count). The fourth-order valence-electron chi connectivity index (χ4n) is 1.26. The second-order valence-electron chi connectivity index (χ2n) is 3.29. The lowest BCUT2D eigenvalue weighted by molar-refractivity contribution is 1.09. The number of anilines is 2. The molecule has 6 heteroatoms. The van der Waals surface area contributed by atoms with Crippen LogP contribution in [-0.2, 0) is 6.54 Å². The Morgan fingerprint density at radius 2 is 2.25 bits per heavy atom. The summed E-state index contributed by atoms with van der Waals surface area (Å²) in [5.41, 5.74) is 5.66. The van der Waals surface area contributed by atoms with Gasteiger partial charge in [0.25, 0.3) is 0 Å². The van der Waals surface area contributed by atoms with E-state index in [-0.39, 0.29) is 0 Å². The van der Waals surface area contributed by atoms with Crippen LogP contribution in [0, 0.1) is 6.92 Å². The van der Waals surface area contributed by atoms with Crippen LogP contribution in [0.15, 0.2) is 22.9 Å². The zero-order valence-electron chi connectivity index (χ0n) is 8.70. The summed E-state index contributed by atoms with van der Waals surface area (Å²) in [7, 11) is 0. The van der Waals surface area contributed by atoms with Gasteiger partial charge in [-0.2, -0.15) is 0 Å². The molecule has 0 saturated carbocycles. The molecule has 0 fully saturated rings. The quantitative estimate of drug-likeness (QED) is 0.914. The monoisotopic (exact) mass is 298 g/mol. The fourth-order valence-corrected chi connectivity index (χ4v) is 2.43. The van der Waals surface area contributed by atoms with Gasteiger partial charge in [0.2, 0.25) is 0 Å². The van der Waals surface area contributed by atoms with Crippen LogP contribution in [0.1, 0.15) is 9.75 Å². The van der Waals surface area contributed by atoms with Crippen LogP contribution in [0.25, 0.3) is 0 Å². The predicted octanol–water partition coefficient (Wildman–Crippen LogP) is 2.80. The lowest BCUT2D eigenvalue weighted by Gasteiger charge is -2.06. The normalized spacial score (nSPS) is 10.4. The van der Waals surface area contributed by atoms with Crippen molar-refractivity contribution in [2.24, 2.45) is 0 Å². The zero-order chi connectivity index (χ0) is 11.5. The van der Waals surface area contributed by atoms with E-state index in [4.69, 9.17) is 5.73 Å². The second kappa shape index (κ2) is 4.80. The average Bonchev–Trinajstić information content (AvgIpc) is 2.67. The largest absolute Gasteiger partial charge is 0.383 e. The molecule has 0 radical (unpaired) electrons. The van der Waals surface area contributed by atoms with Crippen molar-refractivity contribution in [3.05, 3.63) is 32.7 Å². The molecule has 0 aliphatic carbocycles. The Labute approximate surface area is 106 Å². The number of aryl methyl sites for hydroxylation is 1. The van der Waals surface area contributed by atoms with Gasteiger partial charge in [-0.3, -0.25) is 0 Å². The average molecular weight is 299 g/mol. The maximum atomic E-state index is 5.66. The Balaban J connectivity index is 2.07. The van der Waals surface area contributed by atoms with Gasteiger partial charge >= 0.3 is 0 Å². The third-order valence-electron chi connectivity index (χ3n) is 2.04. The van der Waals surface area contributed by atoms with Gasteiger partial charge in [0.15, 0.2) is 0 Å². The highest BCUT2D eigenvalue weighted by Crippen LogP contribution is 2.25. The highest BCUT2D eigenvalue weighted by atomic mass is 79.9. The van der Waals surface area contributed by atoms with Gasteiger partial charge in [0.05, 0.1) is 6.54 Å². The summed E-state index contributed by atoms with van der Waals surface area (Å²) in [5.74, 6) is 1.17. The second-order valence-corrected chi connectivity index (χ2v) is 5.45. The molecule has 16 heavy (non-hydrogen) atoms. The first kappa shape index (κ1) is 11.3. The molecule has 84 valence electrons. The Hall–Kier alpha value is -1.14. The van der Waals surface area contributed by atoms with E-state index in [1.165, 1.54) is 16.1 Å². The molecule has 0 aliphatic heterocycles. The highest BCUT2D eigenvalue weighted by Gasteiger charge is 2.05. The van der Waals surface area contributed by atoms with E-state index in [9.17, 15) is 0 Å². The number of nitrogens with one attached hydrogen (secondary N) is 1. The van der Waals surface area contributed by atoms with Crippen molar-refractivity contribution < 1.29 is 0 Å². The molecular formula is C10H11BrN4S. The van der Waals surface area contributed by atoms with Gasteiger partial charge in [0, 0.05) is 9.75 Å². The molecule has 0 atom stereocenters. The zero-order valence-corrected chi connectivity index (χ0v) is 11.1. The Kier molecular flexibility index (Phi) is 3.40. The number of aromatic nitrogens is 2. The van der Waals surface area contributed by atoms with Crippen LogP contribution >= 0.6 is 27.3 Å². The van der Waals surface area contributed by atoms with Gasteiger partial charge in [0.1, 0.15) is 22.4 Å². The molecule has 0 unspecified atom stereocenters. The fraction of sp³-hybridized carbons (Fsp3) is 0.200. The maximum Gasteiger partial charge on any atom is 0.146 e. The van der Waals surface area contributed by atoms with Crippen molar-refractivity contribution in [3.63, 3.8) is 0 Å². The molecule has 2 aromatic heterocycles. The molecular weight excluding hydrogens is 288 g/mol. The van der Waals surface area contributed by atoms with Crippen molar-refractivity contribution in [1.82, 2.24) is 9.97 Å². The summed E-state index contributed by atoms with van der Waals surface area (Å²) < 4.78 is 0.711. The minimum atomic E-state index is 0.444. The van der Waals surface area contributed by atoms with Gasteiger partial charge in [-0.1, -0.05) is 0 Å². The number of hydrogen-bond donors (Lipinski definition) is 2. The number of rotatable bonds is 3. The summed E-state index contributed by atoms with van der Waals surface area (Å²) in [5, 5.41) is 3.22. The first-order valence-electron chi connectivity index (χ1n) is 4.72. The number of nitrogens with zero attached hydrogens (tertiary/aromatic N) is 2. The molecule has 0 bridgehead atoms. The van der Waals surface area contributed by atoms with Crippen molar-refractivity contribution in [1.29, 1.82) is 0 Å².